The Balaban J connectivity index is 1.77. The van der Waals surface area contributed by atoms with Gasteiger partial charge in [-0.25, -0.2) is 0 Å². The molecule has 0 radical (unpaired) electrons. The van der Waals surface area contributed by atoms with Crippen LogP contribution in [0.15, 0.2) is 66.9 Å². The lowest BCUT2D eigenvalue weighted by Gasteiger charge is -2.23. The molecule has 2 N–H and O–H groups in total. The Hall–Kier alpha value is -3.21. The van der Waals surface area contributed by atoms with Gasteiger partial charge in [-0.15, -0.1) is 0 Å². The number of para-hydroxylation sites is 1. The summed E-state index contributed by atoms with van der Waals surface area (Å²) in [5, 5.41) is 6.71. The average molecular weight is 361 g/mol. The summed E-state index contributed by atoms with van der Waals surface area (Å²) in [6.45, 7) is 3.95. The van der Waals surface area contributed by atoms with E-state index in [9.17, 15) is 9.59 Å². The highest BCUT2D eigenvalue weighted by molar-refractivity contribution is 6.01. The zero-order chi connectivity index (χ0) is 19.2. The number of fused-ring (bicyclic) bond motifs is 1. The van der Waals surface area contributed by atoms with Gasteiger partial charge in [0.1, 0.15) is 6.04 Å². The first kappa shape index (κ1) is 18.6. The van der Waals surface area contributed by atoms with Crippen molar-refractivity contribution in [3.05, 3.63) is 72.4 Å². The van der Waals surface area contributed by atoms with Crippen LogP contribution >= 0.6 is 0 Å². The minimum atomic E-state index is -0.630. The molecule has 0 spiro atoms. The van der Waals surface area contributed by atoms with Gasteiger partial charge in [0.15, 0.2) is 0 Å². The van der Waals surface area contributed by atoms with Crippen LogP contribution in [0.25, 0.3) is 10.9 Å². The lowest BCUT2D eigenvalue weighted by Crippen LogP contribution is -2.47. The third-order valence-corrected chi connectivity index (χ3v) is 4.68. The lowest BCUT2D eigenvalue weighted by molar-refractivity contribution is -0.119. The quantitative estimate of drug-likeness (QED) is 0.697. The first-order valence-corrected chi connectivity index (χ1v) is 9.10. The molecule has 5 nitrogen and oxygen atoms in total. The second-order valence-corrected chi connectivity index (χ2v) is 6.61. The van der Waals surface area contributed by atoms with E-state index < -0.39 is 6.04 Å². The summed E-state index contributed by atoms with van der Waals surface area (Å²) in [6.07, 6.45) is 2.40. The highest BCUT2D eigenvalue weighted by Gasteiger charge is 2.26. The summed E-state index contributed by atoms with van der Waals surface area (Å²) in [7, 11) is 0. The highest BCUT2D eigenvalue weighted by Crippen LogP contribution is 2.17. The third kappa shape index (κ3) is 4.50. The number of nitrogens with zero attached hydrogens (tertiary/aromatic N) is 1. The predicted octanol–water partition coefficient (Wildman–Crippen LogP) is 4.02. The van der Waals surface area contributed by atoms with Gasteiger partial charge in [0.2, 0.25) is 5.91 Å². The number of amides is 2. The van der Waals surface area contributed by atoms with Gasteiger partial charge in [-0.05, 0) is 30.2 Å². The molecule has 27 heavy (non-hydrogen) atoms. The first-order chi connectivity index (χ1) is 13.1. The second kappa shape index (κ2) is 8.45. The number of hydrogen-bond acceptors (Lipinski definition) is 3. The second-order valence-electron chi connectivity index (χ2n) is 6.61. The van der Waals surface area contributed by atoms with Crippen LogP contribution in [0.4, 0.5) is 5.69 Å². The van der Waals surface area contributed by atoms with Gasteiger partial charge in [-0.2, -0.15) is 0 Å². The minimum Gasteiger partial charge on any atom is -0.340 e. The summed E-state index contributed by atoms with van der Waals surface area (Å²) in [6, 6.07) is 17.9. The fourth-order valence-electron chi connectivity index (χ4n) is 2.88. The Labute approximate surface area is 158 Å². The standard InChI is InChI=1S/C22H23N3O2/c1-3-15(2)20(25-21(26)16-9-5-4-6-10-16)22(27)24-18-13-17-11-7-8-12-19(17)23-14-18/h4-15,20H,3H2,1-2H3,(H,24,27)(H,25,26)/t15-,20-/m1/s1. The normalized spacial score (nSPS) is 13.0. The molecule has 0 aliphatic rings. The summed E-state index contributed by atoms with van der Waals surface area (Å²) < 4.78 is 0. The lowest BCUT2D eigenvalue weighted by atomic mass is 9.97. The van der Waals surface area contributed by atoms with Gasteiger partial charge in [0, 0.05) is 10.9 Å². The van der Waals surface area contributed by atoms with E-state index in [0.717, 1.165) is 17.3 Å². The van der Waals surface area contributed by atoms with Gasteiger partial charge in [-0.3, -0.25) is 14.6 Å². The monoisotopic (exact) mass is 361 g/mol. The van der Waals surface area contributed by atoms with Gasteiger partial charge < -0.3 is 10.6 Å². The molecule has 3 rings (SSSR count). The van der Waals surface area contributed by atoms with E-state index in [1.807, 2.05) is 50.2 Å². The fourth-order valence-corrected chi connectivity index (χ4v) is 2.88. The molecule has 1 aromatic heterocycles. The minimum absolute atomic E-state index is 0.00826. The molecule has 3 aromatic rings. The molecule has 1 heterocycles. The van der Waals surface area contributed by atoms with Gasteiger partial charge in [-0.1, -0.05) is 56.7 Å². The van der Waals surface area contributed by atoms with E-state index in [1.165, 1.54) is 0 Å². The number of hydrogen-bond donors (Lipinski definition) is 2. The number of pyridine rings is 1. The Morgan fingerprint density at radius 3 is 2.48 bits per heavy atom. The number of rotatable bonds is 6. The van der Waals surface area contributed by atoms with Crippen molar-refractivity contribution in [2.45, 2.75) is 26.3 Å². The maximum absolute atomic E-state index is 12.9. The molecular formula is C22H23N3O2. The van der Waals surface area contributed by atoms with Crippen LogP contribution in [0.1, 0.15) is 30.6 Å². The van der Waals surface area contributed by atoms with E-state index in [1.54, 1.807) is 30.5 Å². The van der Waals surface area contributed by atoms with Crippen molar-refractivity contribution in [3.8, 4) is 0 Å². The van der Waals surface area contributed by atoms with Crippen molar-refractivity contribution >= 4 is 28.4 Å². The third-order valence-electron chi connectivity index (χ3n) is 4.68. The van der Waals surface area contributed by atoms with E-state index in [4.69, 9.17) is 0 Å². The van der Waals surface area contributed by atoms with Crippen LogP contribution in [0, 0.1) is 5.92 Å². The fraction of sp³-hybridized carbons (Fsp3) is 0.227. The summed E-state index contributed by atoms with van der Waals surface area (Å²) >= 11 is 0. The molecule has 0 fully saturated rings. The van der Waals surface area contributed by atoms with Crippen molar-refractivity contribution in [2.24, 2.45) is 5.92 Å². The number of carbonyl (C=O) groups is 2. The average Bonchev–Trinajstić information content (AvgIpc) is 2.71. The van der Waals surface area contributed by atoms with Crippen LogP contribution in [0.3, 0.4) is 0 Å². The van der Waals surface area contributed by atoms with Crippen LogP contribution < -0.4 is 10.6 Å². The first-order valence-electron chi connectivity index (χ1n) is 9.10. The smallest absolute Gasteiger partial charge is 0.251 e. The zero-order valence-electron chi connectivity index (χ0n) is 15.5. The van der Waals surface area contributed by atoms with Gasteiger partial charge >= 0.3 is 0 Å². The molecule has 0 bridgehead atoms. The van der Waals surface area contributed by atoms with E-state index in [0.29, 0.717) is 11.3 Å². The van der Waals surface area contributed by atoms with E-state index in [2.05, 4.69) is 15.6 Å². The van der Waals surface area contributed by atoms with Crippen molar-refractivity contribution in [2.75, 3.05) is 5.32 Å². The van der Waals surface area contributed by atoms with Crippen LogP contribution in [-0.2, 0) is 4.79 Å². The Morgan fingerprint density at radius 2 is 1.74 bits per heavy atom. The highest BCUT2D eigenvalue weighted by atomic mass is 16.2. The number of aromatic nitrogens is 1. The molecule has 0 aliphatic heterocycles. The largest absolute Gasteiger partial charge is 0.340 e. The number of benzene rings is 2. The predicted molar refractivity (Wildman–Crippen MR) is 108 cm³/mol. The number of anilines is 1. The molecule has 2 amide bonds. The summed E-state index contributed by atoms with van der Waals surface area (Å²) in [5.41, 5.74) is 2.01. The molecule has 5 heteroatoms. The van der Waals surface area contributed by atoms with E-state index in [-0.39, 0.29) is 17.7 Å². The molecular weight excluding hydrogens is 338 g/mol. The maximum Gasteiger partial charge on any atom is 0.251 e. The van der Waals surface area contributed by atoms with Crippen molar-refractivity contribution in [1.82, 2.24) is 10.3 Å². The summed E-state index contributed by atoms with van der Waals surface area (Å²) in [4.78, 5) is 29.7. The molecule has 0 unspecified atom stereocenters. The Kier molecular flexibility index (Phi) is 5.81. The molecule has 0 aliphatic carbocycles. The van der Waals surface area contributed by atoms with E-state index >= 15 is 0 Å². The van der Waals surface area contributed by atoms with Crippen LogP contribution in [0.5, 0.6) is 0 Å². The number of carbonyl (C=O) groups excluding carboxylic acids is 2. The van der Waals surface area contributed by atoms with Crippen LogP contribution in [-0.4, -0.2) is 22.8 Å². The molecule has 0 saturated carbocycles. The zero-order valence-corrected chi connectivity index (χ0v) is 15.5. The molecule has 138 valence electrons. The topological polar surface area (TPSA) is 71.1 Å². The van der Waals surface area contributed by atoms with Gasteiger partial charge in [0.25, 0.3) is 5.91 Å². The summed E-state index contributed by atoms with van der Waals surface area (Å²) in [5.74, 6) is -0.510. The van der Waals surface area contributed by atoms with Crippen LogP contribution in [0.2, 0.25) is 0 Å². The number of nitrogens with one attached hydrogen (secondary N) is 2. The van der Waals surface area contributed by atoms with Crippen molar-refractivity contribution in [1.29, 1.82) is 0 Å². The molecule has 2 aromatic carbocycles. The SMILES string of the molecule is CC[C@@H](C)[C@@H](NC(=O)c1ccccc1)C(=O)Nc1cnc2ccccc2c1. The van der Waals surface area contributed by atoms with Crippen molar-refractivity contribution in [3.63, 3.8) is 0 Å². The molecule has 0 saturated heterocycles. The Bertz CT molecular complexity index is 940. The van der Waals surface area contributed by atoms with Crippen molar-refractivity contribution < 1.29 is 9.59 Å². The Morgan fingerprint density at radius 1 is 1.04 bits per heavy atom. The maximum atomic E-state index is 12.9. The molecule has 2 atom stereocenters. The van der Waals surface area contributed by atoms with Gasteiger partial charge in [0.05, 0.1) is 17.4 Å².